The van der Waals surface area contributed by atoms with Gasteiger partial charge in [-0.2, -0.15) is 5.26 Å². The lowest BCUT2D eigenvalue weighted by Gasteiger charge is -2.19. The van der Waals surface area contributed by atoms with Gasteiger partial charge in [0.2, 0.25) is 5.91 Å². The van der Waals surface area contributed by atoms with Crippen LogP contribution in [0.2, 0.25) is 0 Å². The smallest absolute Gasteiger partial charge is 0.234 e. The number of carbonyl (C=O) groups excluding carboxylic acids is 1. The van der Waals surface area contributed by atoms with E-state index < -0.39 is 0 Å². The third kappa shape index (κ3) is 4.63. The van der Waals surface area contributed by atoms with Gasteiger partial charge in [0.05, 0.1) is 18.5 Å². The van der Waals surface area contributed by atoms with Gasteiger partial charge in [-0.15, -0.1) is 0 Å². The van der Waals surface area contributed by atoms with Crippen LogP contribution in [0.4, 0.5) is 0 Å². The topological polar surface area (TPSA) is 56.1 Å². The minimum absolute atomic E-state index is 0.0238. The fraction of sp³-hybridized carbons (Fsp3) is 0.833. The zero-order chi connectivity index (χ0) is 12.0. The molecular formula is C12H21N3O. The van der Waals surface area contributed by atoms with Crippen LogP contribution in [0, 0.1) is 17.2 Å². The van der Waals surface area contributed by atoms with E-state index in [1.807, 2.05) is 18.9 Å². The Morgan fingerprint density at radius 1 is 1.56 bits per heavy atom. The van der Waals surface area contributed by atoms with Crippen molar-refractivity contribution in [2.45, 2.75) is 38.6 Å². The normalized spacial score (nSPS) is 18.4. The maximum absolute atomic E-state index is 11.6. The van der Waals surface area contributed by atoms with Crippen molar-refractivity contribution in [3.05, 3.63) is 0 Å². The molecule has 16 heavy (non-hydrogen) atoms. The van der Waals surface area contributed by atoms with Gasteiger partial charge in [-0.3, -0.25) is 9.69 Å². The highest BCUT2D eigenvalue weighted by molar-refractivity contribution is 5.78. The van der Waals surface area contributed by atoms with Crippen LogP contribution in [-0.2, 0) is 4.79 Å². The fourth-order valence-corrected chi connectivity index (χ4v) is 2.16. The lowest BCUT2D eigenvalue weighted by molar-refractivity contribution is -0.122. The molecule has 1 aliphatic carbocycles. The second kappa shape index (κ2) is 6.49. The molecule has 0 spiro atoms. The molecule has 1 saturated carbocycles. The summed E-state index contributed by atoms with van der Waals surface area (Å²) in [6.45, 7) is 2.91. The maximum Gasteiger partial charge on any atom is 0.234 e. The van der Waals surface area contributed by atoms with Crippen molar-refractivity contribution in [3.63, 3.8) is 0 Å². The molecule has 0 aliphatic heterocycles. The molecule has 4 heteroatoms. The standard InChI is InChI=1S/C12H21N3O/c1-10(7-13)8-15(2)9-12(16)14-11-5-3-4-6-11/h10-11H,3-6,8-9H2,1-2H3,(H,14,16). The molecule has 0 aromatic heterocycles. The van der Waals surface area contributed by atoms with Crippen molar-refractivity contribution in [1.82, 2.24) is 10.2 Å². The molecular weight excluding hydrogens is 202 g/mol. The first-order chi connectivity index (χ1) is 7.61. The van der Waals surface area contributed by atoms with Gasteiger partial charge in [0.25, 0.3) is 0 Å². The molecule has 4 nitrogen and oxygen atoms in total. The van der Waals surface area contributed by atoms with Crippen molar-refractivity contribution in [2.75, 3.05) is 20.1 Å². The third-order valence-corrected chi connectivity index (χ3v) is 2.94. The number of carbonyl (C=O) groups is 1. The predicted octanol–water partition coefficient (Wildman–Crippen LogP) is 1.14. The van der Waals surface area contributed by atoms with Crippen LogP contribution in [0.3, 0.4) is 0 Å². The summed E-state index contributed by atoms with van der Waals surface area (Å²) in [5, 5.41) is 11.7. The van der Waals surface area contributed by atoms with E-state index in [1.165, 1.54) is 12.8 Å². The summed E-state index contributed by atoms with van der Waals surface area (Å²) < 4.78 is 0. The highest BCUT2D eigenvalue weighted by Gasteiger charge is 2.18. The van der Waals surface area contributed by atoms with Crippen LogP contribution in [0.5, 0.6) is 0 Å². The zero-order valence-electron chi connectivity index (χ0n) is 10.2. The van der Waals surface area contributed by atoms with Crippen molar-refractivity contribution in [3.8, 4) is 6.07 Å². The Kier molecular flexibility index (Phi) is 5.27. The van der Waals surface area contributed by atoms with E-state index in [2.05, 4.69) is 11.4 Å². The van der Waals surface area contributed by atoms with E-state index in [0.717, 1.165) is 12.8 Å². The summed E-state index contributed by atoms with van der Waals surface area (Å²) in [6.07, 6.45) is 4.69. The van der Waals surface area contributed by atoms with Crippen molar-refractivity contribution < 1.29 is 4.79 Å². The van der Waals surface area contributed by atoms with E-state index in [1.54, 1.807) is 0 Å². The largest absolute Gasteiger partial charge is 0.352 e. The molecule has 1 rings (SSSR count). The Morgan fingerprint density at radius 2 is 2.19 bits per heavy atom. The van der Waals surface area contributed by atoms with Gasteiger partial charge >= 0.3 is 0 Å². The van der Waals surface area contributed by atoms with Gasteiger partial charge in [-0.05, 0) is 26.8 Å². The number of hydrogen-bond donors (Lipinski definition) is 1. The number of hydrogen-bond acceptors (Lipinski definition) is 3. The van der Waals surface area contributed by atoms with Crippen LogP contribution >= 0.6 is 0 Å². The van der Waals surface area contributed by atoms with Crippen LogP contribution in [0.15, 0.2) is 0 Å². The summed E-state index contributed by atoms with van der Waals surface area (Å²) in [4.78, 5) is 13.5. The Hall–Kier alpha value is -1.08. The average molecular weight is 223 g/mol. The quantitative estimate of drug-likeness (QED) is 0.760. The number of nitrogens with zero attached hydrogens (tertiary/aromatic N) is 2. The highest BCUT2D eigenvalue weighted by atomic mass is 16.2. The monoisotopic (exact) mass is 223 g/mol. The van der Waals surface area contributed by atoms with Crippen LogP contribution < -0.4 is 5.32 Å². The van der Waals surface area contributed by atoms with E-state index in [9.17, 15) is 4.79 Å². The maximum atomic E-state index is 11.6. The molecule has 0 bridgehead atoms. The van der Waals surface area contributed by atoms with E-state index in [4.69, 9.17) is 5.26 Å². The molecule has 1 amide bonds. The van der Waals surface area contributed by atoms with E-state index in [0.29, 0.717) is 19.1 Å². The third-order valence-electron chi connectivity index (χ3n) is 2.94. The molecule has 0 saturated heterocycles. The molecule has 1 unspecified atom stereocenters. The summed E-state index contributed by atoms with van der Waals surface area (Å²) in [5.41, 5.74) is 0. The molecule has 0 radical (unpaired) electrons. The number of nitrogens with one attached hydrogen (secondary N) is 1. The van der Waals surface area contributed by atoms with Gasteiger partial charge in [0.1, 0.15) is 0 Å². The molecule has 1 atom stereocenters. The number of likely N-dealkylation sites (N-methyl/N-ethyl adjacent to an activating group) is 1. The van der Waals surface area contributed by atoms with Gasteiger partial charge in [-0.25, -0.2) is 0 Å². The number of amides is 1. The van der Waals surface area contributed by atoms with Gasteiger partial charge in [-0.1, -0.05) is 12.8 Å². The van der Waals surface area contributed by atoms with E-state index >= 15 is 0 Å². The molecule has 1 aliphatic rings. The second-order valence-corrected chi connectivity index (χ2v) is 4.78. The van der Waals surface area contributed by atoms with Gasteiger partial charge in [0.15, 0.2) is 0 Å². The number of rotatable bonds is 5. The van der Waals surface area contributed by atoms with Crippen molar-refractivity contribution in [2.24, 2.45) is 5.92 Å². The van der Waals surface area contributed by atoms with Crippen molar-refractivity contribution in [1.29, 1.82) is 5.26 Å². The lowest BCUT2D eigenvalue weighted by atomic mass is 10.2. The number of nitriles is 1. The first-order valence-corrected chi connectivity index (χ1v) is 5.99. The fourth-order valence-electron chi connectivity index (χ4n) is 2.16. The van der Waals surface area contributed by atoms with Crippen LogP contribution in [0.1, 0.15) is 32.6 Å². The van der Waals surface area contributed by atoms with Gasteiger partial charge < -0.3 is 5.32 Å². The summed E-state index contributed by atoms with van der Waals surface area (Å²) in [6, 6.07) is 2.55. The van der Waals surface area contributed by atoms with Gasteiger partial charge in [0, 0.05) is 12.6 Å². The Bertz CT molecular complexity index is 266. The molecule has 1 fully saturated rings. The Labute approximate surface area is 97.6 Å². The first kappa shape index (κ1) is 13.0. The zero-order valence-corrected chi connectivity index (χ0v) is 10.2. The molecule has 0 heterocycles. The summed E-state index contributed by atoms with van der Waals surface area (Å²) in [5.74, 6) is 0.0591. The van der Waals surface area contributed by atoms with Crippen LogP contribution in [-0.4, -0.2) is 37.0 Å². The Balaban J connectivity index is 2.20. The first-order valence-electron chi connectivity index (χ1n) is 5.99. The average Bonchev–Trinajstić information content (AvgIpc) is 2.69. The molecule has 0 aromatic rings. The minimum Gasteiger partial charge on any atom is -0.352 e. The van der Waals surface area contributed by atoms with Crippen LogP contribution in [0.25, 0.3) is 0 Å². The van der Waals surface area contributed by atoms with Crippen molar-refractivity contribution >= 4 is 5.91 Å². The molecule has 1 N–H and O–H groups in total. The molecule has 0 aromatic carbocycles. The predicted molar refractivity (Wildman–Crippen MR) is 62.7 cm³/mol. The molecule has 90 valence electrons. The minimum atomic E-state index is -0.0238. The van der Waals surface area contributed by atoms with E-state index in [-0.39, 0.29) is 11.8 Å². The second-order valence-electron chi connectivity index (χ2n) is 4.78. The highest BCUT2D eigenvalue weighted by Crippen LogP contribution is 2.17. The lowest BCUT2D eigenvalue weighted by Crippen LogP contribution is -2.40. The SMILES string of the molecule is CC(C#N)CN(C)CC(=O)NC1CCCC1. The Morgan fingerprint density at radius 3 is 2.75 bits per heavy atom. The summed E-state index contributed by atoms with van der Waals surface area (Å²) in [7, 11) is 1.88. The summed E-state index contributed by atoms with van der Waals surface area (Å²) >= 11 is 0.